The molecule has 3 atom stereocenters. The molecule has 274 valence electrons. The minimum atomic E-state index is -0.569. The molecule has 0 aromatic heterocycles. The Morgan fingerprint density at radius 1 is 0.593 bits per heavy atom. The molecule has 1 heterocycles. The van der Waals surface area contributed by atoms with Crippen LogP contribution in [0.4, 0.5) is 4.79 Å². The van der Waals surface area contributed by atoms with E-state index in [-0.39, 0.29) is 24.8 Å². The summed E-state index contributed by atoms with van der Waals surface area (Å²) in [5.41, 5.74) is 9.55. The van der Waals surface area contributed by atoms with Crippen LogP contribution in [-0.2, 0) is 42.3 Å². The number of rotatable bonds is 14. The summed E-state index contributed by atoms with van der Waals surface area (Å²) in [7, 11) is 0. The average molecular weight is 718 g/mol. The summed E-state index contributed by atoms with van der Waals surface area (Å²) in [4.78, 5) is 15.1. The number of carbonyl (C=O) groups is 1. The molecule has 1 aliphatic heterocycles. The number of hydrogen-bond donors (Lipinski definition) is 3. The first kappa shape index (κ1) is 36.8. The smallest absolute Gasteiger partial charge is 0.315 e. The normalized spacial score (nSPS) is 16.9. The van der Waals surface area contributed by atoms with Gasteiger partial charge in [-0.25, -0.2) is 4.79 Å². The molecule has 0 spiro atoms. The summed E-state index contributed by atoms with van der Waals surface area (Å²) < 4.78 is 13.5. The molecule has 3 N–H and O–H groups in total. The second-order valence-electron chi connectivity index (χ2n) is 13.8. The van der Waals surface area contributed by atoms with Crippen LogP contribution in [0.5, 0.6) is 0 Å². The Labute approximate surface area is 318 Å². The lowest BCUT2D eigenvalue weighted by Crippen LogP contribution is -2.39. The molecule has 54 heavy (non-hydrogen) atoms. The largest absolute Gasteiger partial charge is 0.392 e. The predicted molar refractivity (Wildman–Crippen MR) is 213 cm³/mol. The fourth-order valence-corrected chi connectivity index (χ4v) is 6.98. The maximum absolute atomic E-state index is 12.6. The molecule has 7 rings (SSSR count). The molecule has 7 nitrogen and oxygen atoms in total. The highest BCUT2D eigenvalue weighted by molar-refractivity contribution is 5.75. The van der Waals surface area contributed by atoms with Crippen LogP contribution in [0.15, 0.2) is 164 Å². The van der Waals surface area contributed by atoms with Crippen LogP contribution in [-0.4, -0.2) is 28.7 Å². The number of urea groups is 1. The predicted octanol–water partition coefficient (Wildman–Crippen LogP) is 9.09. The number of aliphatic hydroxyl groups excluding tert-OH is 1. The Kier molecular flexibility index (Phi) is 12.6. The summed E-state index contributed by atoms with van der Waals surface area (Å²) in [6, 6.07) is 55.3. The van der Waals surface area contributed by atoms with Gasteiger partial charge < -0.3 is 25.2 Å². The molecule has 0 saturated carbocycles. The summed E-state index contributed by atoms with van der Waals surface area (Å²) in [5.74, 6) is 0. The highest BCUT2D eigenvalue weighted by Gasteiger charge is 2.33. The highest BCUT2D eigenvalue weighted by Crippen LogP contribution is 2.39. The number of nitrogens with zero attached hydrogens (tertiary/aromatic N) is 1. The van der Waals surface area contributed by atoms with E-state index < -0.39 is 6.29 Å². The van der Waals surface area contributed by atoms with Gasteiger partial charge in [0, 0.05) is 44.7 Å². The lowest BCUT2D eigenvalue weighted by atomic mass is 9.97. The molecular weight excluding hydrogens is 671 g/mol. The van der Waals surface area contributed by atoms with E-state index in [0.29, 0.717) is 19.5 Å². The van der Waals surface area contributed by atoms with Crippen LogP contribution in [0, 0.1) is 0 Å². The van der Waals surface area contributed by atoms with Gasteiger partial charge in [-0.1, -0.05) is 164 Å². The maximum atomic E-state index is 12.6. The van der Waals surface area contributed by atoms with E-state index >= 15 is 0 Å². The first-order valence-electron chi connectivity index (χ1n) is 18.6. The fourth-order valence-electron chi connectivity index (χ4n) is 6.98. The van der Waals surface area contributed by atoms with Crippen molar-refractivity contribution in [3.8, 4) is 11.1 Å². The van der Waals surface area contributed by atoms with Crippen LogP contribution >= 0.6 is 0 Å². The van der Waals surface area contributed by atoms with E-state index in [0.717, 1.165) is 58.6 Å². The Morgan fingerprint density at radius 2 is 1.15 bits per heavy atom. The van der Waals surface area contributed by atoms with E-state index in [2.05, 4.69) is 119 Å². The minimum absolute atomic E-state index is 0.00108. The number of hydrogen-bond acceptors (Lipinski definition) is 5. The van der Waals surface area contributed by atoms with Crippen molar-refractivity contribution in [2.75, 3.05) is 6.54 Å². The molecule has 1 saturated heterocycles. The zero-order chi connectivity index (χ0) is 37.0. The zero-order valence-corrected chi connectivity index (χ0v) is 30.4. The van der Waals surface area contributed by atoms with Crippen LogP contribution < -0.4 is 10.6 Å². The van der Waals surface area contributed by atoms with E-state index in [4.69, 9.17) is 9.47 Å². The fraction of sp³-hybridized carbons (Fsp3) is 0.213. The molecule has 7 heteroatoms. The number of aliphatic hydroxyl groups is 1. The van der Waals surface area contributed by atoms with Crippen LogP contribution in [0.3, 0.4) is 0 Å². The molecule has 6 aromatic rings. The first-order valence-corrected chi connectivity index (χ1v) is 18.6. The molecule has 1 aliphatic rings. The van der Waals surface area contributed by atoms with Gasteiger partial charge in [0.2, 0.25) is 0 Å². The Morgan fingerprint density at radius 3 is 1.78 bits per heavy atom. The van der Waals surface area contributed by atoms with Crippen LogP contribution in [0.2, 0.25) is 0 Å². The zero-order valence-electron chi connectivity index (χ0n) is 30.4. The molecule has 2 amide bonds. The van der Waals surface area contributed by atoms with Gasteiger partial charge in [-0.3, -0.25) is 4.90 Å². The van der Waals surface area contributed by atoms with Gasteiger partial charge in [-0.15, -0.1) is 0 Å². The van der Waals surface area contributed by atoms with Crippen LogP contribution in [0.1, 0.15) is 57.8 Å². The summed E-state index contributed by atoms with van der Waals surface area (Å²) in [5, 5.41) is 15.6. The van der Waals surface area contributed by atoms with Crippen molar-refractivity contribution in [3.05, 3.63) is 203 Å². The van der Waals surface area contributed by atoms with E-state index in [1.165, 1.54) is 11.1 Å². The lowest BCUT2D eigenvalue weighted by Gasteiger charge is -2.38. The molecule has 1 fully saturated rings. The molecule has 0 radical (unpaired) electrons. The van der Waals surface area contributed by atoms with Crippen molar-refractivity contribution in [2.24, 2.45) is 0 Å². The maximum Gasteiger partial charge on any atom is 0.315 e. The third-order valence-corrected chi connectivity index (χ3v) is 9.82. The SMILES string of the molecule is O=C(NCc1ccccc1)NCc1ccccc1-c1ccc([C@@H]2O[C@H](CN(Cc3ccccc3)Cc3ccccc3)C[C@H](c3ccc(CO)cc3)O2)cc1. The highest BCUT2D eigenvalue weighted by atomic mass is 16.7. The number of nitrogens with one attached hydrogen (secondary N) is 2. The van der Waals surface area contributed by atoms with E-state index in [1.54, 1.807) is 0 Å². The Bertz CT molecular complexity index is 2000. The number of carbonyl (C=O) groups excluding carboxylic acids is 1. The van der Waals surface area contributed by atoms with Crippen LogP contribution in [0.25, 0.3) is 11.1 Å². The molecule has 0 unspecified atom stereocenters. The van der Waals surface area contributed by atoms with Crippen molar-refractivity contribution < 1.29 is 19.4 Å². The molecule has 0 aliphatic carbocycles. The quantitative estimate of drug-likeness (QED) is 0.105. The Hall–Kier alpha value is -5.57. The number of benzene rings is 6. The van der Waals surface area contributed by atoms with Crippen molar-refractivity contribution in [1.29, 1.82) is 0 Å². The van der Waals surface area contributed by atoms with E-state index in [1.807, 2.05) is 60.7 Å². The summed E-state index contributed by atoms with van der Waals surface area (Å²) >= 11 is 0. The second-order valence-corrected chi connectivity index (χ2v) is 13.8. The summed E-state index contributed by atoms with van der Waals surface area (Å²) in [6.45, 7) is 3.19. The third kappa shape index (κ3) is 10.1. The van der Waals surface area contributed by atoms with Gasteiger partial charge in [0.1, 0.15) is 0 Å². The number of ether oxygens (including phenoxy) is 2. The average Bonchev–Trinajstić information content (AvgIpc) is 3.23. The minimum Gasteiger partial charge on any atom is -0.392 e. The van der Waals surface area contributed by atoms with E-state index in [9.17, 15) is 9.90 Å². The first-order chi connectivity index (χ1) is 26.6. The van der Waals surface area contributed by atoms with Crippen molar-refractivity contribution in [3.63, 3.8) is 0 Å². The molecule has 6 aromatic carbocycles. The van der Waals surface area contributed by atoms with Gasteiger partial charge in [-0.2, -0.15) is 0 Å². The monoisotopic (exact) mass is 717 g/mol. The molecular formula is C47H47N3O4. The third-order valence-electron chi connectivity index (χ3n) is 9.82. The lowest BCUT2D eigenvalue weighted by molar-refractivity contribution is -0.253. The van der Waals surface area contributed by atoms with Gasteiger partial charge in [-0.05, 0) is 44.5 Å². The van der Waals surface area contributed by atoms with Crippen molar-refractivity contribution in [2.45, 2.75) is 57.7 Å². The summed E-state index contributed by atoms with van der Waals surface area (Å²) in [6.07, 6.45) is -0.151. The number of amides is 2. The van der Waals surface area contributed by atoms with Crippen molar-refractivity contribution >= 4 is 6.03 Å². The molecule has 0 bridgehead atoms. The van der Waals surface area contributed by atoms with Gasteiger partial charge in [0.05, 0.1) is 18.8 Å². The topological polar surface area (TPSA) is 83.1 Å². The second kappa shape index (κ2) is 18.5. The van der Waals surface area contributed by atoms with Gasteiger partial charge >= 0.3 is 6.03 Å². The standard InChI is InChI=1S/C47H47N3O4/c51-34-38-20-22-40(23-21-38)45-28-43(33-50(31-36-14-6-2-7-15-36)32-37-16-8-3-9-17-37)53-46(54-45)41-26-24-39(25-27-41)44-19-11-10-18-42(44)30-49-47(52)48-29-35-12-4-1-5-13-35/h1-27,43,45-46,51H,28-34H2,(H2,48,49,52)/t43-,45+,46+/m0/s1. The van der Waals surface area contributed by atoms with Gasteiger partial charge in [0.15, 0.2) is 6.29 Å². The van der Waals surface area contributed by atoms with Crippen molar-refractivity contribution in [1.82, 2.24) is 15.5 Å². The Balaban J connectivity index is 1.08. The van der Waals surface area contributed by atoms with Gasteiger partial charge in [0.25, 0.3) is 0 Å².